The van der Waals surface area contributed by atoms with Crippen LogP contribution in [0.25, 0.3) is 0 Å². The molecule has 34 heavy (non-hydrogen) atoms. The fraction of sp³-hybridized carbons (Fsp3) is 0.360. The number of anilines is 1. The average Bonchev–Trinajstić information content (AvgIpc) is 3.21. The van der Waals surface area contributed by atoms with Gasteiger partial charge in [0.2, 0.25) is 16.7 Å². The first-order valence-corrected chi connectivity index (χ1v) is 11.9. The van der Waals surface area contributed by atoms with E-state index < -0.39 is 4.87 Å². The van der Waals surface area contributed by atoms with Crippen LogP contribution in [0.15, 0.2) is 41.5 Å². The standard InChI is InChI=1S/C25H28N4O4S/c1-14(2)33-20-9-7-19(8-10-20)13-28-22-16(4)11-15(3)12-21(22)25(23(28)32)29(18(6)31)27-24(34-25)26-17(5)30/h7-12,14H,13H2,1-6H3,(H,26,27,30)/t25-/m1/s1. The highest BCUT2D eigenvalue weighted by Gasteiger charge is 2.61. The van der Waals surface area contributed by atoms with Gasteiger partial charge in [-0.2, -0.15) is 5.01 Å². The Labute approximate surface area is 203 Å². The smallest absolute Gasteiger partial charge is 0.271 e. The number of aryl methyl sites for hydroxylation is 2. The molecule has 8 nitrogen and oxygen atoms in total. The maximum absolute atomic E-state index is 14.1. The molecule has 178 valence electrons. The van der Waals surface area contributed by atoms with E-state index >= 15 is 0 Å². The number of fused-ring (bicyclic) bond motifs is 2. The number of carbonyl (C=O) groups excluding carboxylic acids is 3. The molecule has 2 aromatic rings. The summed E-state index contributed by atoms with van der Waals surface area (Å²) >= 11 is 1.09. The molecule has 0 aromatic heterocycles. The Hall–Kier alpha value is -3.33. The number of hydrogen-bond acceptors (Lipinski definition) is 6. The topological polar surface area (TPSA) is 91.3 Å². The monoisotopic (exact) mass is 480 g/mol. The van der Waals surface area contributed by atoms with Gasteiger partial charge in [-0.1, -0.05) is 29.8 Å². The molecule has 2 aliphatic rings. The second kappa shape index (κ2) is 8.79. The van der Waals surface area contributed by atoms with Crippen molar-refractivity contribution in [2.45, 2.75) is 59.1 Å². The summed E-state index contributed by atoms with van der Waals surface area (Å²) in [4.78, 5) is 38.8. The van der Waals surface area contributed by atoms with Crippen molar-refractivity contribution in [1.82, 2.24) is 10.3 Å². The van der Waals surface area contributed by atoms with E-state index in [0.717, 1.165) is 39.9 Å². The Kier molecular flexibility index (Phi) is 6.16. The zero-order valence-corrected chi connectivity index (χ0v) is 20.9. The Morgan fingerprint density at radius 1 is 1.15 bits per heavy atom. The third-order valence-electron chi connectivity index (χ3n) is 5.57. The summed E-state index contributed by atoms with van der Waals surface area (Å²) in [6.45, 7) is 10.9. The van der Waals surface area contributed by atoms with Gasteiger partial charge in [0.1, 0.15) is 5.75 Å². The number of nitrogens with zero attached hydrogens (tertiary/aromatic N) is 3. The number of hydrazone groups is 1. The molecule has 4 rings (SSSR count). The van der Waals surface area contributed by atoms with Crippen LogP contribution in [0.5, 0.6) is 5.75 Å². The number of amidine groups is 1. The van der Waals surface area contributed by atoms with Gasteiger partial charge < -0.3 is 15.0 Å². The minimum absolute atomic E-state index is 0.0680. The highest BCUT2D eigenvalue weighted by atomic mass is 32.2. The molecule has 1 N–H and O–H groups in total. The Morgan fingerprint density at radius 2 is 1.82 bits per heavy atom. The van der Waals surface area contributed by atoms with Crippen molar-refractivity contribution in [3.8, 4) is 5.75 Å². The number of rotatable bonds is 4. The summed E-state index contributed by atoms with van der Waals surface area (Å²) in [6.07, 6.45) is 0.0680. The molecular weight excluding hydrogens is 452 g/mol. The van der Waals surface area contributed by atoms with Gasteiger partial charge in [-0.3, -0.25) is 14.4 Å². The molecule has 2 aliphatic heterocycles. The summed E-state index contributed by atoms with van der Waals surface area (Å²) in [6, 6.07) is 11.6. The first-order chi connectivity index (χ1) is 16.0. The predicted molar refractivity (Wildman–Crippen MR) is 132 cm³/mol. The van der Waals surface area contributed by atoms with Crippen molar-refractivity contribution >= 4 is 40.3 Å². The van der Waals surface area contributed by atoms with E-state index in [1.165, 1.54) is 18.9 Å². The van der Waals surface area contributed by atoms with Gasteiger partial charge in [0.05, 0.1) is 18.3 Å². The maximum Gasteiger partial charge on any atom is 0.271 e. The molecule has 1 spiro atoms. The van der Waals surface area contributed by atoms with Crippen molar-refractivity contribution in [2.75, 3.05) is 4.90 Å². The minimum Gasteiger partial charge on any atom is -0.491 e. The van der Waals surface area contributed by atoms with E-state index in [2.05, 4.69) is 10.4 Å². The van der Waals surface area contributed by atoms with Gasteiger partial charge in [-0.15, -0.1) is 5.10 Å². The van der Waals surface area contributed by atoms with Gasteiger partial charge in [-0.25, -0.2) is 0 Å². The predicted octanol–water partition coefficient (Wildman–Crippen LogP) is 3.79. The first-order valence-electron chi connectivity index (χ1n) is 11.1. The van der Waals surface area contributed by atoms with Crippen LogP contribution in [-0.2, 0) is 25.8 Å². The second-order valence-corrected chi connectivity index (χ2v) is 10.0. The van der Waals surface area contributed by atoms with Gasteiger partial charge >= 0.3 is 0 Å². The van der Waals surface area contributed by atoms with Gasteiger partial charge in [0.25, 0.3) is 5.91 Å². The van der Waals surface area contributed by atoms with Gasteiger partial charge in [0.15, 0.2) is 5.17 Å². The molecule has 2 heterocycles. The number of ether oxygens (including phenoxy) is 1. The second-order valence-electron chi connectivity index (χ2n) is 8.84. The van der Waals surface area contributed by atoms with Gasteiger partial charge in [-0.05, 0) is 62.7 Å². The van der Waals surface area contributed by atoms with E-state index in [0.29, 0.717) is 12.1 Å². The molecule has 0 saturated carbocycles. The van der Waals surface area contributed by atoms with Crippen molar-refractivity contribution < 1.29 is 19.1 Å². The highest BCUT2D eigenvalue weighted by Crippen LogP contribution is 2.55. The van der Waals surface area contributed by atoms with E-state index in [4.69, 9.17) is 4.74 Å². The largest absolute Gasteiger partial charge is 0.491 e. The summed E-state index contributed by atoms with van der Waals surface area (Å²) in [7, 11) is 0. The summed E-state index contributed by atoms with van der Waals surface area (Å²) in [5.74, 6) is -0.220. The lowest BCUT2D eigenvalue weighted by atomic mass is 10.0. The van der Waals surface area contributed by atoms with Crippen LogP contribution in [0.4, 0.5) is 5.69 Å². The van der Waals surface area contributed by atoms with E-state index in [1.54, 1.807) is 4.90 Å². The zero-order chi connectivity index (χ0) is 24.8. The van der Waals surface area contributed by atoms with E-state index in [-0.39, 0.29) is 29.0 Å². The van der Waals surface area contributed by atoms with Crippen LogP contribution in [-0.4, -0.2) is 34.0 Å². The lowest BCUT2D eigenvalue weighted by Gasteiger charge is -2.29. The highest BCUT2D eigenvalue weighted by molar-refractivity contribution is 8.15. The minimum atomic E-state index is -1.41. The molecule has 9 heteroatoms. The number of thioether (sulfide) groups is 1. The molecule has 0 unspecified atom stereocenters. The molecule has 0 fully saturated rings. The third kappa shape index (κ3) is 4.04. The number of nitrogens with one attached hydrogen (secondary N) is 1. The van der Waals surface area contributed by atoms with Crippen molar-refractivity contribution in [3.63, 3.8) is 0 Å². The molecular formula is C25H28N4O4S. The third-order valence-corrected chi connectivity index (χ3v) is 6.81. The number of benzene rings is 2. The van der Waals surface area contributed by atoms with Crippen LogP contribution < -0.4 is 15.0 Å². The average molecular weight is 481 g/mol. The number of amides is 3. The number of carbonyl (C=O) groups is 3. The van der Waals surface area contributed by atoms with Crippen LogP contribution in [0.1, 0.15) is 49.9 Å². The summed E-state index contributed by atoms with van der Waals surface area (Å²) in [5, 5.41) is 8.38. The molecule has 0 aliphatic carbocycles. The quantitative estimate of drug-likeness (QED) is 0.719. The van der Waals surface area contributed by atoms with E-state index in [9.17, 15) is 14.4 Å². The van der Waals surface area contributed by atoms with Gasteiger partial charge in [0, 0.05) is 19.4 Å². The Bertz CT molecular complexity index is 1210. The normalized spacial score (nSPS) is 19.0. The summed E-state index contributed by atoms with van der Waals surface area (Å²) in [5.41, 5.74) is 4.28. The molecule has 0 saturated heterocycles. The van der Waals surface area contributed by atoms with Crippen LogP contribution in [0.3, 0.4) is 0 Å². The first kappa shape index (κ1) is 23.8. The van der Waals surface area contributed by atoms with Crippen LogP contribution in [0.2, 0.25) is 0 Å². The zero-order valence-electron chi connectivity index (χ0n) is 20.1. The Balaban J connectivity index is 1.78. The Morgan fingerprint density at radius 3 is 2.41 bits per heavy atom. The fourth-order valence-electron chi connectivity index (χ4n) is 4.42. The van der Waals surface area contributed by atoms with Crippen LogP contribution >= 0.6 is 11.8 Å². The van der Waals surface area contributed by atoms with Crippen molar-refractivity contribution in [1.29, 1.82) is 0 Å². The fourth-order valence-corrected chi connectivity index (χ4v) is 5.73. The maximum atomic E-state index is 14.1. The number of hydrogen-bond donors (Lipinski definition) is 1. The van der Waals surface area contributed by atoms with Crippen molar-refractivity contribution in [2.24, 2.45) is 5.10 Å². The molecule has 3 amide bonds. The molecule has 0 radical (unpaired) electrons. The molecule has 0 bridgehead atoms. The van der Waals surface area contributed by atoms with Crippen LogP contribution in [0, 0.1) is 13.8 Å². The molecule has 2 aromatic carbocycles. The molecule has 1 atom stereocenters. The SMILES string of the molecule is CC(=O)NC1=NN(C(C)=O)[C@]2(S1)C(=O)N(Cc1ccc(OC(C)C)cc1)c1c(C)cc(C)cc12. The van der Waals surface area contributed by atoms with E-state index in [1.807, 2.05) is 64.1 Å². The van der Waals surface area contributed by atoms with Crippen molar-refractivity contribution in [3.05, 3.63) is 58.7 Å². The lowest BCUT2D eigenvalue weighted by molar-refractivity contribution is -0.139. The summed E-state index contributed by atoms with van der Waals surface area (Å²) < 4.78 is 5.73. The lowest BCUT2D eigenvalue weighted by Crippen LogP contribution is -2.48.